The molecule has 1 unspecified atom stereocenters. The highest BCUT2D eigenvalue weighted by molar-refractivity contribution is 5.92. The maximum atomic E-state index is 13.3. The predicted octanol–water partition coefficient (Wildman–Crippen LogP) is 0.897. The molecular weight excluding hydrogens is 422 g/mol. The fourth-order valence-corrected chi connectivity index (χ4v) is 2.92. The first kappa shape index (κ1) is 24.9. The van der Waals surface area contributed by atoms with Gasteiger partial charge in [0.25, 0.3) is 0 Å². The van der Waals surface area contributed by atoms with Gasteiger partial charge in [-0.2, -0.15) is 0 Å². The van der Waals surface area contributed by atoms with Crippen LogP contribution in [0.1, 0.15) is 18.1 Å². The fraction of sp³-hybridized carbons (Fsp3) is 0.364. The minimum absolute atomic E-state index is 0.140. The van der Waals surface area contributed by atoms with Gasteiger partial charge in [0.15, 0.2) is 0 Å². The SMILES string of the molecule is COCCNC(=O)C(Cc1ccncc1)NC(=O)[C@H](C)NC(=O)Cc1cc(F)cc(F)c1. The number of ether oxygens (including phenoxy) is 1. The molecule has 1 heterocycles. The standard InChI is InChI=1S/C22H26F2N4O4/c1-14(27-20(29)12-16-9-17(23)13-18(24)10-16)21(30)28-19(22(31)26-7-8-32-2)11-15-3-5-25-6-4-15/h3-6,9-10,13-14,19H,7-8,11-12H2,1-2H3,(H,26,31)(H,27,29)(H,28,30)/t14-,19?/m0/s1. The van der Waals surface area contributed by atoms with Gasteiger partial charge in [-0.25, -0.2) is 8.78 Å². The molecular formula is C22H26F2N4O4. The second-order valence-corrected chi connectivity index (χ2v) is 7.15. The smallest absolute Gasteiger partial charge is 0.243 e. The highest BCUT2D eigenvalue weighted by Crippen LogP contribution is 2.09. The van der Waals surface area contributed by atoms with Crippen molar-refractivity contribution in [3.8, 4) is 0 Å². The molecule has 8 nitrogen and oxygen atoms in total. The zero-order valence-corrected chi connectivity index (χ0v) is 17.9. The summed E-state index contributed by atoms with van der Waals surface area (Å²) in [5.41, 5.74) is 0.928. The molecule has 0 spiro atoms. The Morgan fingerprint density at radius 1 is 1.00 bits per heavy atom. The molecule has 3 amide bonds. The Hall–Kier alpha value is -3.40. The summed E-state index contributed by atoms with van der Waals surface area (Å²) in [5.74, 6) is -3.16. The van der Waals surface area contributed by atoms with E-state index in [9.17, 15) is 23.2 Å². The first-order valence-electron chi connectivity index (χ1n) is 9.98. The number of nitrogens with zero attached hydrogens (tertiary/aromatic N) is 1. The molecule has 0 saturated heterocycles. The average molecular weight is 448 g/mol. The number of halogens is 2. The summed E-state index contributed by atoms with van der Waals surface area (Å²) in [6.07, 6.45) is 3.07. The van der Waals surface area contributed by atoms with E-state index in [-0.39, 0.29) is 24.9 Å². The van der Waals surface area contributed by atoms with Crippen molar-refractivity contribution in [1.29, 1.82) is 0 Å². The Kier molecular flexibility index (Phi) is 9.68. The van der Waals surface area contributed by atoms with Gasteiger partial charge in [-0.05, 0) is 42.3 Å². The number of aromatic nitrogens is 1. The van der Waals surface area contributed by atoms with Crippen LogP contribution in [-0.2, 0) is 32.0 Å². The number of rotatable bonds is 11. The highest BCUT2D eigenvalue weighted by atomic mass is 19.1. The largest absolute Gasteiger partial charge is 0.383 e. The van der Waals surface area contributed by atoms with Crippen molar-refractivity contribution < 1.29 is 27.9 Å². The monoisotopic (exact) mass is 448 g/mol. The molecule has 32 heavy (non-hydrogen) atoms. The van der Waals surface area contributed by atoms with Crippen LogP contribution >= 0.6 is 0 Å². The number of hydrogen-bond acceptors (Lipinski definition) is 5. The molecule has 2 atom stereocenters. The van der Waals surface area contributed by atoms with Crippen LogP contribution in [0.2, 0.25) is 0 Å². The molecule has 1 aromatic heterocycles. The van der Waals surface area contributed by atoms with Gasteiger partial charge in [-0.1, -0.05) is 0 Å². The molecule has 0 radical (unpaired) electrons. The van der Waals surface area contributed by atoms with Crippen LogP contribution in [0, 0.1) is 11.6 Å². The number of hydrogen-bond donors (Lipinski definition) is 3. The van der Waals surface area contributed by atoms with Gasteiger partial charge in [-0.15, -0.1) is 0 Å². The van der Waals surface area contributed by atoms with E-state index in [1.54, 1.807) is 24.5 Å². The summed E-state index contributed by atoms with van der Waals surface area (Å²) >= 11 is 0. The van der Waals surface area contributed by atoms with Crippen LogP contribution in [0.5, 0.6) is 0 Å². The van der Waals surface area contributed by atoms with Gasteiger partial charge in [0.1, 0.15) is 23.7 Å². The van der Waals surface area contributed by atoms with E-state index >= 15 is 0 Å². The summed E-state index contributed by atoms with van der Waals surface area (Å²) in [6, 6.07) is 4.38. The number of nitrogens with one attached hydrogen (secondary N) is 3. The number of carbonyl (C=O) groups is 3. The van der Waals surface area contributed by atoms with Gasteiger partial charge < -0.3 is 20.7 Å². The quantitative estimate of drug-likeness (QED) is 0.443. The average Bonchev–Trinajstić information content (AvgIpc) is 2.73. The second-order valence-electron chi connectivity index (χ2n) is 7.15. The Balaban J connectivity index is 1.98. The molecule has 10 heteroatoms. The zero-order chi connectivity index (χ0) is 23.5. The molecule has 2 rings (SSSR count). The summed E-state index contributed by atoms with van der Waals surface area (Å²) in [5, 5.41) is 7.78. The molecule has 0 aliphatic rings. The van der Waals surface area contributed by atoms with Crippen LogP contribution in [0.4, 0.5) is 8.78 Å². The van der Waals surface area contributed by atoms with Crippen molar-refractivity contribution in [1.82, 2.24) is 20.9 Å². The summed E-state index contributed by atoms with van der Waals surface area (Å²) < 4.78 is 31.5. The first-order valence-corrected chi connectivity index (χ1v) is 9.98. The van der Waals surface area contributed by atoms with Crippen LogP contribution in [0.3, 0.4) is 0 Å². The molecule has 2 aromatic rings. The van der Waals surface area contributed by atoms with Crippen molar-refractivity contribution in [3.05, 3.63) is 65.5 Å². The Morgan fingerprint density at radius 3 is 2.28 bits per heavy atom. The molecule has 1 aromatic carbocycles. The lowest BCUT2D eigenvalue weighted by atomic mass is 10.1. The Bertz CT molecular complexity index is 907. The molecule has 0 bridgehead atoms. The molecule has 0 fully saturated rings. The predicted molar refractivity (Wildman–Crippen MR) is 112 cm³/mol. The normalized spacial score (nSPS) is 12.5. The summed E-state index contributed by atoms with van der Waals surface area (Å²) in [4.78, 5) is 41.3. The summed E-state index contributed by atoms with van der Waals surface area (Å²) in [7, 11) is 1.50. The minimum Gasteiger partial charge on any atom is -0.383 e. The molecule has 0 aliphatic carbocycles. The first-order chi connectivity index (χ1) is 15.3. The van der Waals surface area contributed by atoms with Crippen molar-refractivity contribution in [3.63, 3.8) is 0 Å². The van der Waals surface area contributed by atoms with E-state index < -0.39 is 41.4 Å². The van der Waals surface area contributed by atoms with E-state index in [1.165, 1.54) is 14.0 Å². The van der Waals surface area contributed by atoms with Gasteiger partial charge in [0.2, 0.25) is 17.7 Å². The third kappa shape index (κ3) is 8.38. The number of benzene rings is 1. The maximum absolute atomic E-state index is 13.3. The van der Waals surface area contributed by atoms with E-state index in [2.05, 4.69) is 20.9 Å². The van der Waals surface area contributed by atoms with Crippen molar-refractivity contribution >= 4 is 17.7 Å². The number of methoxy groups -OCH3 is 1. The second kappa shape index (κ2) is 12.5. The summed E-state index contributed by atoms with van der Waals surface area (Å²) in [6.45, 7) is 2.04. The van der Waals surface area contributed by atoms with Gasteiger partial charge in [-0.3, -0.25) is 19.4 Å². The fourth-order valence-electron chi connectivity index (χ4n) is 2.92. The minimum atomic E-state index is -0.979. The Labute approximate surface area is 184 Å². The van der Waals surface area contributed by atoms with Gasteiger partial charge >= 0.3 is 0 Å². The number of pyridine rings is 1. The Morgan fingerprint density at radius 2 is 1.66 bits per heavy atom. The van der Waals surface area contributed by atoms with Gasteiger partial charge in [0.05, 0.1) is 13.0 Å². The molecule has 0 saturated carbocycles. The molecule has 3 N–H and O–H groups in total. The van der Waals surface area contributed by atoms with Crippen LogP contribution in [0.25, 0.3) is 0 Å². The van der Waals surface area contributed by atoms with Crippen molar-refractivity contribution in [2.24, 2.45) is 0 Å². The zero-order valence-electron chi connectivity index (χ0n) is 17.9. The van der Waals surface area contributed by atoms with Gasteiger partial charge in [0, 0.05) is 38.5 Å². The molecule has 172 valence electrons. The van der Waals surface area contributed by atoms with E-state index in [1.807, 2.05) is 0 Å². The van der Waals surface area contributed by atoms with Crippen molar-refractivity contribution in [2.75, 3.05) is 20.3 Å². The van der Waals surface area contributed by atoms with E-state index in [4.69, 9.17) is 4.74 Å². The number of amides is 3. The lowest BCUT2D eigenvalue weighted by Gasteiger charge is -2.21. The maximum Gasteiger partial charge on any atom is 0.243 e. The number of carbonyl (C=O) groups excluding carboxylic acids is 3. The van der Waals surface area contributed by atoms with Crippen LogP contribution in [0.15, 0.2) is 42.7 Å². The highest BCUT2D eigenvalue weighted by Gasteiger charge is 2.24. The lowest BCUT2D eigenvalue weighted by Crippen LogP contribution is -2.54. The van der Waals surface area contributed by atoms with Crippen molar-refractivity contribution in [2.45, 2.75) is 31.8 Å². The third-order valence-electron chi connectivity index (χ3n) is 4.49. The molecule has 0 aliphatic heterocycles. The topological polar surface area (TPSA) is 109 Å². The van der Waals surface area contributed by atoms with Crippen LogP contribution in [-0.4, -0.2) is 55.1 Å². The van der Waals surface area contributed by atoms with Crippen LogP contribution < -0.4 is 16.0 Å². The third-order valence-corrected chi connectivity index (χ3v) is 4.49. The lowest BCUT2D eigenvalue weighted by molar-refractivity contribution is -0.131. The van der Waals surface area contributed by atoms with E-state index in [0.29, 0.717) is 12.7 Å². The van der Waals surface area contributed by atoms with E-state index in [0.717, 1.165) is 17.7 Å².